The Hall–Kier alpha value is -1.82. The van der Waals surface area contributed by atoms with Gasteiger partial charge < -0.3 is 0 Å². The minimum absolute atomic E-state index is 0.0373. The molecule has 0 radical (unpaired) electrons. The summed E-state index contributed by atoms with van der Waals surface area (Å²) >= 11 is 9.36. The average molecular weight is 417 g/mol. The number of thiazole rings is 1. The number of carbonyl (C=O) groups is 1. The first-order valence-electron chi connectivity index (χ1n) is 8.57. The van der Waals surface area contributed by atoms with E-state index in [2.05, 4.69) is 19.1 Å². The van der Waals surface area contributed by atoms with Crippen LogP contribution in [-0.4, -0.2) is 10.9 Å². The highest BCUT2D eigenvalue weighted by Crippen LogP contribution is 2.36. The van der Waals surface area contributed by atoms with Gasteiger partial charge in [0.25, 0.3) is 0 Å². The van der Waals surface area contributed by atoms with Gasteiger partial charge in [-0.3, -0.25) is 9.69 Å². The van der Waals surface area contributed by atoms with Gasteiger partial charge in [-0.25, -0.2) is 4.98 Å². The standard InChI is InChI=1S/C21H21ClN2OS2/c1-13-9-14(2)20(15(3)10-13)24(16(4)25)21-23-17(12-27-21)11-26-19-8-6-5-7-18(19)22/h5-10,12H,11H2,1-4H3. The summed E-state index contributed by atoms with van der Waals surface area (Å²) in [5, 5.41) is 3.45. The first-order valence-corrected chi connectivity index (χ1v) is 10.8. The summed E-state index contributed by atoms with van der Waals surface area (Å²) in [6.07, 6.45) is 0. The van der Waals surface area contributed by atoms with Gasteiger partial charge in [0.1, 0.15) is 0 Å². The van der Waals surface area contributed by atoms with Gasteiger partial charge in [-0.05, 0) is 44.0 Å². The van der Waals surface area contributed by atoms with Gasteiger partial charge in [0.2, 0.25) is 5.91 Å². The van der Waals surface area contributed by atoms with Crippen LogP contribution in [-0.2, 0) is 10.5 Å². The van der Waals surface area contributed by atoms with Crippen LogP contribution >= 0.6 is 34.7 Å². The molecule has 0 fully saturated rings. The molecule has 0 atom stereocenters. The van der Waals surface area contributed by atoms with Crippen LogP contribution in [0.4, 0.5) is 10.8 Å². The van der Waals surface area contributed by atoms with Crippen molar-refractivity contribution in [2.24, 2.45) is 0 Å². The molecular formula is C21H21ClN2OS2. The third-order valence-electron chi connectivity index (χ3n) is 4.12. The maximum Gasteiger partial charge on any atom is 0.230 e. The SMILES string of the molecule is CC(=O)N(c1nc(CSc2ccccc2Cl)cs1)c1c(C)cc(C)cc1C. The zero-order valence-electron chi connectivity index (χ0n) is 15.7. The summed E-state index contributed by atoms with van der Waals surface area (Å²) in [6, 6.07) is 12.0. The molecule has 3 nitrogen and oxygen atoms in total. The van der Waals surface area contributed by atoms with E-state index in [0.717, 1.165) is 32.4 Å². The number of nitrogens with zero attached hydrogens (tertiary/aromatic N) is 2. The van der Waals surface area contributed by atoms with E-state index >= 15 is 0 Å². The molecule has 1 heterocycles. The summed E-state index contributed by atoms with van der Waals surface area (Å²) in [5.41, 5.74) is 5.20. The second-order valence-corrected chi connectivity index (χ2v) is 8.70. The second kappa shape index (κ2) is 8.46. The van der Waals surface area contributed by atoms with E-state index in [1.807, 2.05) is 43.5 Å². The first-order chi connectivity index (χ1) is 12.9. The molecule has 0 N–H and O–H groups in total. The number of aromatic nitrogens is 1. The number of aryl methyl sites for hydroxylation is 3. The van der Waals surface area contributed by atoms with Crippen molar-refractivity contribution in [3.8, 4) is 0 Å². The van der Waals surface area contributed by atoms with E-state index in [1.54, 1.807) is 23.6 Å². The lowest BCUT2D eigenvalue weighted by Gasteiger charge is -2.23. The summed E-state index contributed by atoms with van der Waals surface area (Å²) in [6.45, 7) is 7.72. The Balaban J connectivity index is 1.87. The molecule has 0 aliphatic rings. The lowest BCUT2D eigenvalue weighted by molar-refractivity contribution is -0.115. The Morgan fingerprint density at radius 1 is 1.19 bits per heavy atom. The second-order valence-electron chi connectivity index (χ2n) is 6.44. The number of rotatable bonds is 5. The minimum Gasteiger partial charge on any atom is -0.274 e. The molecule has 0 aliphatic heterocycles. The van der Waals surface area contributed by atoms with Crippen LogP contribution in [0, 0.1) is 20.8 Å². The molecule has 2 aromatic carbocycles. The number of benzene rings is 2. The van der Waals surface area contributed by atoms with Gasteiger partial charge in [-0.1, -0.05) is 41.4 Å². The number of anilines is 2. The maximum absolute atomic E-state index is 12.4. The topological polar surface area (TPSA) is 33.2 Å². The molecule has 0 bridgehead atoms. The van der Waals surface area contributed by atoms with Gasteiger partial charge in [-0.2, -0.15) is 0 Å². The molecule has 1 aromatic heterocycles. The van der Waals surface area contributed by atoms with Crippen molar-refractivity contribution in [3.05, 3.63) is 69.2 Å². The molecule has 6 heteroatoms. The fraction of sp³-hybridized carbons (Fsp3) is 0.238. The van der Waals surface area contributed by atoms with E-state index in [9.17, 15) is 4.79 Å². The lowest BCUT2D eigenvalue weighted by Crippen LogP contribution is -2.24. The normalized spacial score (nSPS) is 10.9. The summed E-state index contributed by atoms with van der Waals surface area (Å²) in [7, 11) is 0. The fourth-order valence-electron chi connectivity index (χ4n) is 3.09. The Kier molecular flexibility index (Phi) is 6.25. The van der Waals surface area contributed by atoms with Crippen LogP contribution < -0.4 is 4.90 Å². The molecular weight excluding hydrogens is 396 g/mol. The zero-order valence-corrected chi connectivity index (χ0v) is 18.1. The molecule has 140 valence electrons. The summed E-state index contributed by atoms with van der Waals surface area (Å²) in [5.74, 6) is 0.669. The van der Waals surface area contributed by atoms with Crippen molar-refractivity contribution >= 4 is 51.4 Å². The molecule has 1 amide bonds. The van der Waals surface area contributed by atoms with Crippen molar-refractivity contribution in [1.29, 1.82) is 0 Å². The highest BCUT2D eigenvalue weighted by molar-refractivity contribution is 7.98. The molecule has 0 saturated carbocycles. The average Bonchev–Trinajstić information content (AvgIpc) is 3.05. The summed E-state index contributed by atoms with van der Waals surface area (Å²) in [4.78, 5) is 19.9. The predicted octanol–water partition coefficient (Wildman–Crippen LogP) is 6.70. The largest absolute Gasteiger partial charge is 0.274 e. The molecule has 3 rings (SSSR count). The van der Waals surface area contributed by atoms with E-state index in [1.165, 1.54) is 16.9 Å². The lowest BCUT2D eigenvalue weighted by atomic mass is 10.0. The van der Waals surface area contributed by atoms with Crippen LogP contribution in [0.25, 0.3) is 0 Å². The highest BCUT2D eigenvalue weighted by atomic mass is 35.5. The molecule has 0 aliphatic carbocycles. The number of hydrogen-bond acceptors (Lipinski definition) is 4. The van der Waals surface area contributed by atoms with Crippen molar-refractivity contribution in [3.63, 3.8) is 0 Å². The quantitative estimate of drug-likeness (QED) is 0.434. The number of thioether (sulfide) groups is 1. The van der Waals surface area contributed by atoms with Gasteiger partial charge in [-0.15, -0.1) is 23.1 Å². The monoisotopic (exact) mass is 416 g/mol. The minimum atomic E-state index is -0.0373. The van der Waals surface area contributed by atoms with Gasteiger partial charge in [0.05, 0.1) is 16.4 Å². The Morgan fingerprint density at radius 3 is 2.48 bits per heavy atom. The Labute approximate surface area is 173 Å². The van der Waals surface area contributed by atoms with Crippen LogP contribution in [0.1, 0.15) is 29.3 Å². The van der Waals surface area contributed by atoms with E-state index < -0.39 is 0 Å². The number of hydrogen-bond donors (Lipinski definition) is 0. The third kappa shape index (κ3) is 4.54. The maximum atomic E-state index is 12.4. The number of amides is 1. The smallest absolute Gasteiger partial charge is 0.230 e. The van der Waals surface area contributed by atoms with Crippen molar-refractivity contribution in [2.45, 2.75) is 38.3 Å². The molecule has 27 heavy (non-hydrogen) atoms. The first kappa shape index (κ1) is 19.9. The predicted molar refractivity (Wildman–Crippen MR) is 117 cm³/mol. The van der Waals surface area contributed by atoms with E-state index in [0.29, 0.717) is 10.9 Å². The van der Waals surface area contributed by atoms with E-state index in [-0.39, 0.29) is 5.91 Å². The van der Waals surface area contributed by atoms with Crippen LogP contribution in [0.15, 0.2) is 46.7 Å². The van der Waals surface area contributed by atoms with Crippen molar-refractivity contribution in [1.82, 2.24) is 4.98 Å². The summed E-state index contributed by atoms with van der Waals surface area (Å²) < 4.78 is 0. The van der Waals surface area contributed by atoms with Gasteiger partial charge in [0, 0.05) is 23.0 Å². The van der Waals surface area contributed by atoms with Crippen LogP contribution in [0.5, 0.6) is 0 Å². The molecule has 0 spiro atoms. The van der Waals surface area contributed by atoms with Crippen LogP contribution in [0.2, 0.25) is 5.02 Å². The molecule has 0 unspecified atom stereocenters. The van der Waals surface area contributed by atoms with Gasteiger partial charge >= 0.3 is 0 Å². The number of carbonyl (C=O) groups excluding carboxylic acids is 1. The zero-order chi connectivity index (χ0) is 19.6. The fourth-order valence-corrected chi connectivity index (χ4v) is 5.20. The van der Waals surface area contributed by atoms with Crippen LogP contribution in [0.3, 0.4) is 0 Å². The Bertz CT molecular complexity index is 961. The molecule has 0 saturated heterocycles. The highest BCUT2D eigenvalue weighted by Gasteiger charge is 2.21. The Morgan fingerprint density at radius 2 is 1.85 bits per heavy atom. The van der Waals surface area contributed by atoms with Crippen molar-refractivity contribution in [2.75, 3.05) is 4.90 Å². The van der Waals surface area contributed by atoms with E-state index in [4.69, 9.17) is 16.6 Å². The molecule has 3 aromatic rings. The number of halogens is 1. The third-order valence-corrected chi connectivity index (χ3v) is 6.54. The van der Waals surface area contributed by atoms with Gasteiger partial charge in [0.15, 0.2) is 5.13 Å². The van der Waals surface area contributed by atoms with Crippen molar-refractivity contribution < 1.29 is 4.79 Å².